The Bertz CT molecular complexity index is 1140. The number of hydrogen-bond acceptors (Lipinski definition) is 5. The van der Waals surface area contributed by atoms with Gasteiger partial charge in [-0.05, 0) is 62.7 Å². The lowest BCUT2D eigenvalue weighted by molar-refractivity contribution is 0.0702. The van der Waals surface area contributed by atoms with Crippen LogP contribution >= 0.6 is 11.3 Å². The maximum absolute atomic E-state index is 13.4. The smallest absolute Gasteiger partial charge is 0.345 e. The number of hydrogen-bond donors (Lipinski definition) is 1. The molecule has 3 aromatic rings. The van der Waals surface area contributed by atoms with Crippen LogP contribution in [0.15, 0.2) is 65.6 Å². The number of carboxylic acids is 1. The van der Waals surface area contributed by atoms with Gasteiger partial charge in [-0.1, -0.05) is 24.3 Å². The van der Waals surface area contributed by atoms with E-state index in [1.165, 1.54) is 10.4 Å². The lowest BCUT2D eigenvalue weighted by Gasteiger charge is -2.30. The second-order valence-corrected chi connectivity index (χ2v) is 10.0. The Labute approximate surface area is 180 Å². The van der Waals surface area contributed by atoms with E-state index >= 15 is 0 Å². The third kappa shape index (κ3) is 4.66. The van der Waals surface area contributed by atoms with Gasteiger partial charge in [0, 0.05) is 10.9 Å². The number of aromatic carboxylic acids is 1. The summed E-state index contributed by atoms with van der Waals surface area (Å²) in [6.45, 7) is 5.66. The maximum atomic E-state index is 13.4. The highest BCUT2D eigenvalue weighted by Crippen LogP contribution is 2.36. The van der Waals surface area contributed by atoms with Gasteiger partial charge in [0.1, 0.15) is 17.2 Å². The summed E-state index contributed by atoms with van der Waals surface area (Å²) in [4.78, 5) is 12.3. The number of anilines is 1. The number of aryl methyl sites for hydroxylation is 1. The first-order chi connectivity index (χ1) is 14.2. The molecule has 0 saturated heterocycles. The number of nitrogens with zero attached hydrogens (tertiary/aromatic N) is 1. The minimum Gasteiger partial charge on any atom is -0.486 e. The molecule has 0 aliphatic rings. The van der Waals surface area contributed by atoms with Gasteiger partial charge in [-0.2, -0.15) is 0 Å². The topological polar surface area (TPSA) is 83.9 Å². The largest absolute Gasteiger partial charge is 0.486 e. The van der Waals surface area contributed by atoms with Gasteiger partial charge in [-0.25, -0.2) is 13.2 Å². The second kappa shape index (κ2) is 8.89. The summed E-state index contributed by atoms with van der Waals surface area (Å²) >= 11 is 1.13. The Morgan fingerprint density at radius 1 is 1.10 bits per heavy atom. The standard InChI is InChI=1S/C22H23NO5S2/c1-15(2)23(30(26,27)18-7-5-4-6-8-18)19-11-9-16(3)13-20(19)28-14-17-10-12-21(29-17)22(24)25/h4-13,15H,14H2,1-3H3,(H,24,25). The normalized spacial score (nSPS) is 11.5. The first kappa shape index (κ1) is 21.9. The van der Waals surface area contributed by atoms with Crippen LogP contribution in [-0.2, 0) is 16.6 Å². The SMILES string of the molecule is Cc1ccc(N(C(C)C)S(=O)(=O)c2ccccc2)c(OCc2ccc(C(=O)O)s2)c1. The highest BCUT2D eigenvalue weighted by Gasteiger charge is 2.29. The molecule has 0 bridgehead atoms. The monoisotopic (exact) mass is 445 g/mol. The highest BCUT2D eigenvalue weighted by atomic mass is 32.2. The lowest BCUT2D eigenvalue weighted by Crippen LogP contribution is -2.37. The fourth-order valence-electron chi connectivity index (χ4n) is 3.03. The van der Waals surface area contributed by atoms with Crippen LogP contribution in [0, 0.1) is 6.92 Å². The molecule has 3 rings (SSSR count). The minimum atomic E-state index is -3.80. The summed E-state index contributed by atoms with van der Waals surface area (Å²) in [6, 6.07) is 16.5. The van der Waals surface area contributed by atoms with Crippen molar-refractivity contribution >= 4 is 33.0 Å². The van der Waals surface area contributed by atoms with E-state index < -0.39 is 16.0 Å². The first-order valence-electron chi connectivity index (χ1n) is 9.35. The van der Waals surface area contributed by atoms with Gasteiger partial charge in [-0.15, -0.1) is 11.3 Å². The van der Waals surface area contributed by atoms with E-state index in [9.17, 15) is 13.2 Å². The molecule has 0 aliphatic carbocycles. The van der Waals surface area contributed by atoms with Crippen LogP contribution in [0.4, 0.5) is 5.69 Å². The van der Waals surface area contributed by atoms with Gasteiger partial charge in [0.05, 0.1) is 10.6 Å². The fourth-order valence-corrected chi connectivity index (χ4v) is 5.48. The Kier molecular flexibility index (Phi) is 6.48. The van der Waals surface area contributed by atoms with Crippen LogP contribution < -0.4 is 9.04 Å². The van der Waals surface area contributed by atoms with Gasteiger partial charge in [0.25, 0.3) is 10.0 Å². The summed E-state index contributed by atoms with van der Waals surface area (Å²) in [7, 11) is -3.80. The molecule has 0 saturated carbocycles. The predicted octanol–water partition coefficient (Wildman–Crippen LogP) is 4.94. The molecule has 0 atom stereocenters. The van der Waals surface area contributed by atoms with Crippen LogP contribution in [0.3, 0.4) is 0 Å². The van der Waals surface area contributed by atoms with Crippen molar-refractivity contribution in [2.45, 2.75) is 38.3 Å². The van der Waals surface area contributed by atoms with Crippen molar-refractivity contribution in [3.8, 4) is 5.75 Å². The number of ether oxygens (including phenoxy) is 1. The molecule has 0 unspecified atom stereocenters. The van der Waals surface area contributed by atoms with E-state index in [0.29, 0.717) is 11.4 Å². The summed E-state index contributed by atoms with van der Waals surface area (Å²) < 4.78 is 34.1. The van der Waals surface area contributed by atoms with Crippen LogP contribution in [0.2, 0.25) is 0 Å². The Hall–Kier alpha value is -2.84. The average Bonchev–Trinajstić information content (AvgIpc) is 3.18. The summed E-state index contributed by atoms with van der Waals surface area (Å²) in [5.41, 5.74) is 1.36. The number of thiophene rings is 1. The van der Waals surface area contributed by atoms with Gasteiger partial charge in [-0.3, -0.25) is 4.31 Å². The van der Waals surface area contributed by atoms with Crippen molar-refractivity contribution in [1.82, 2.24) is 0 Å². The molecule has 0 spiro atoms. The van der Waals surface area contributed by atoms with Gasteiger partial charge >= 0.3 is 5.97 Å². The third-order valence-corrected chi connectivity index (χ3v) is 7.42. The molecule has 1 aromatic heterocycles. The molecule has 2 aromatic carbocycles. The van der Waals surface area contributed by atoms with E-state index in [0.717, 1.165) is 21.8 Å². The number of carboxylic acid groups (broad SMARTS) is 1. The molecule has 1 heterocycles. The molecular formula is C22H23NO5S2. The maximum Gasteiger partial charge on any atom is 0.345 e. The lowest BCUT2D eigenvalue weighted by atomic mass is 10.2. The number of rotatable bonds is 8. The van der Waals surface area contributed by atoms with Crippen molar-refractivity contribution < 1.29 is 23.1 Å². The quantitative estimate of drug-likeness (QED) is 0.531. The minimum absolute atomic E-state index is 0.145. The number of carbonyl (C=O) groups is 1. The molecule has 30 heavy (non-hydrogen) atoms. The molecule has 0 fully saturated rings. The van der Waals surface area contributed by atoms with Crippen LogP contribution in [0.5, 0.6) is 5.75 Å². The Morgan fingerprint density at radius 3 is 2.40 bits per heavy atom. The number of sulfonamides is 1. The van der Waals surface area contributed by atoms with Crippen LogP contribution in [-0.4, -0.2) is 25.5 Å². The summed E-state index contributed by atoms with van der Waals surface area (Å²) in [5.74, 6) is -0.559. The molecule has 6 nitrogen and oxygen atoms in total. The van der Waals surface area contributed by atoms with Crippen molar-refractivity contribution in [3.63, 3.8) is 0 Å². The molecule has 158 valence electrons. The Balaban J connectivity index is 1.98. The van der Waals surface area contributed by atoms with E-state index in [-0.39, 0.29) is 22.4 Å². The summed E-state index contributed by atoms with van der Waals surface area (Å²) in [5, 5.41) is 9.09. The van der Waals surface area contributed by atoms with E-state index in [4.69, 9.17) is 9.84 Å². The van der Waals surface area contributed by atoms with Crippen LogP contribution in [0.1, 0.15) is 34.0 Å². The van der Waals surface area contributed by atoms with Crippen molar-refractivity contribution in [2.75, 3.05) is 4.31 Å². The molecule has 0 aliphatic heterocycles. The molecule has 0 amide bonds. The zero-order valence-corrected chi connectivity index (χ0v) is 18.5. The van der Waals surface area contributed by atoms with Gasteiger partial charge in [0.2, 0.25) is 0 Å². The molecular weight excluding hydrogens is 422 g/mol. The average molecular weight is 446 g/mol. The van der Waals surface area contributed by atoms with E-state index in [2.05, 4.69) is 0 Å². The predicted molar refractivity (Wildman–Crippen MR) is 118 cm³/mol. The highest BCUT2D eigenvalue weighted by molar-refractivity contribution is 7.92. The van der Waals surface area contributed by atoms with Gasteiger partial charge in [0.15, 0.2) is 0 Å². The van der Waals surface area contributed by atoms with Crippen LogP contribution in [0.25, 0.3) is 0 Å². The van der Waals surface area contributed by atoms with E-state index in [1.54, 1.807) is 48.5 Å². The van der Waals surface area contributed by atoms with Crippen molar-refractivity contribution in [3.05, 3.63) is 76.0 Å². The molecule has 1 N–H and O–H groups in total. The zero-order chi connectivity index (χ0) is 21.9. The van der Waals surface area contributed by atoms with Crippen molar-refractivity contribution in [2.24, 2.45) is 0 Å². The van der Waals surface area contributed by atoms with E-state index in [1.807, 2.05) is 26.8 Å². The zero-order valence-electron chi connectivity index (χ0n) is 16.9. The van der Waals surface area contributed by atoms with Crippen molar-refractivity contribution in [1.29, 1.82) is 0 Å². The summed E-state index contributed by atoms with van der Waals surface area (Å²) in [6.07, 6.45) is 0. The second-order valence-electron chi connectivity index (χ2n) is 7.04. The number of benzene rings is 2. The first-order valence-corrected chi connectivity index (χ1v) is 11.6. The third-order valence-electron chi connectivity index (χ3n) is 4.36. The van der Waals surface area contributed by atoms with Gasteiger partial charge < -0.3 is 9.84 Å². The molecule has 0 radical (unpaired) electrons. The molecule has 8 heteroatoms. The fraction of sp³-hybridized carbons (Fsp3) is 0.227. The Morgan fingerprint density at radius 2 is 1.80 bits per heavy atom.